The Bertz CT molecular complexity index is 560. The van der Waals surface area contributed by atoms with Gasteiger partial charge in [0.15, 0.2) is 0 Å². The number of carboxylic acid groups (broad SMARTS) is 1. The molecule has 0 radical (unpaired) electrons. The Balaban J connectivity index is 2.04. The number of carboxylic acids is 1. The van der Waals surface area contributed by atoms with Crippen molar-refractivity contribution in [2.75, 3.05) is 5.32 Å². The van der Waals surface area contributed by atoms with Crippen LogP contribution in [0, 0.1) is 6.92 Å². The van der Waals surface area contributed by atoms with Crippen molar-refractivity contribution >= 4 is 27.6 Å². The highest BCUT2D eigenvalue weighted by atomic mass is 79.9. The van der Waals surface area contributed by atoms with Gasteiger partial charge in [-0.15, -0.1) is 0 Å². The maximum atomic E-state index is 10.8. The van der Waals surface area contributed by atoms with Crippen molar-refractivity contribution in [1.29, 1.82) is 0 Å². The largest absolute Gasteiger partial charge is 0.475 e. The molecule has 1 aromatic heterocycles. The van der Waals surface area contributed by atoms with E-state index in [0.717, 1.165) is 10.2 Å². The predicted octanol–water partition coefficient (Wildman–Crippen LogP) is 3.66. The number of furan rings is 1. The fraction of sp³-hybridized carbons (Fsp3) is 0.154. The van der Waals surface area contributed by atoms with Gasteiger partial charge in [0.05, 0.1) is 6.54 Å². The van der Waals surface area contributed by atoms with E-state index in [-0.39, 0.29) is 5.76 Å². The summed E-state index contributed by atoms with van der Waals surface area (Å²) in [4.78, 5) is 10.8. The van der Waals surface area contributed by atoms with Crippen molar-refractivity contribution in [2.45, 2.75) is 13.5 Å². The average Bonchev–Trinajstić information content (AvgIpc) is 2.70. The quantitative estimate of drug-likeness (QED) is 0.904. The lowest BCUT2D eigenvalue weighted by Gasteiger charge is -2.03. The third-order valence-electron chi connectivity index (χ3n) is 2.47. The monoisotopic (exact) mass is 309 g/mol. The normalized spacial score (nSPS) is 10.3. The molecule has 5 heteroatoms. The van der Waals surface area contributed by atoms with E-state index < -0.39 is 5.97 Å². The molecule has 0 fully saturated rings. The molecule has 2 rings (SSSR count). The molecule has 94 valence electrons. The number of rotatable bonds is 4. The van der Waals surface area contributed by atoms with E-state index in [1.165, 1.54) is 0 Å². The van der Waals surface area contributed by atoms with E-state index >= 15 is 0 Å². The van der Waals surface area contributed by atoms with Crippen LogP contribution in [0.3, 0.4) is 0 Å². The van der Waals surface area contributed by atoms with Gasteiger partial charge in [0, 0.05) is 15.7 Å². The van der Waals surface area contributed by atoms with Gasteiger partial charge in [-0.25, -0.2) is 4.79 Å². The molecule has 0 spiro atoms. The SMILES string of the molecule is Cc1cc(CNc2ccc(Br)cc2)oc1C(=O)O. The van der Waals surface area contributed by atoms with Crippen LogP contribution in [0.5, 0.6) is 0 Å². The Morgan fingerprint density at radius 3 is 2.61 bits per heavy atom. The maximum absolute atomic E-state index is 10.8. The van der Waals surface area contributed by atoms with Crippen molar-refractivity contribution < 1.29 is 14.3 Å². The number of hydrogen-bond acceptors (Lipinski definition) is 3. The lowest BCUT2D eigenvalue weighted by atomic mass is 10.2. The van der Waals surface area contributed by atoms with Crippen molar-refractivity contribution in [1.82, 2.24) is 0 Å². The number of aromatic carboxylic acids is 1. The predicted molar refractivity (Wildman–Crippen MR) is 71.9 cm³/mol. The first kappa shape index (κ1) is 12.7. The van der Waals surface area contributed by atoms with Crippen LogP contribution < -0.4 is 5.32 Å². The number of halogens is 1. The lowest BCUT2D eigenvalue weighted by molar-refractivity contribution is 0.0659. The minimum Gasteiger partial charge on any atom is -0.475 e. The van der Waals surface area contributed by atoms with Gasteiger partial charge in [-0.2, -0.15) is 0 Å². The summed E-state index contributed by atoms with van der Waals surface area (Å²) in [5.74, 6) is -0.433. The Morgan fingerprint density at radius 2 is 2.06 bits per heavy atom. The Labute approximate surface area is 113 Å². The van der Waals surface area contributed by atoms with Crippen LogP contribution in [0.4, 0.5) is 5.69 Å². The number of carbonyl (C=O) groups is 1. The molecule has 0 atom stereocenters. The molecular weight excluding hydrogens is 298 g/mol. The Hall–Kier alpha value is -1.75. The first-order valence-corrected chi connectivity index (χ1v) is 6.17. The zero-order valence-electron chi connectivity index (χ0n) is 9.74. The summed E-state index contributed by atoms with van der Waals surface area (Å²) in [5.41, 5.74) is 1.58. The van der Waals surface area contributed by atoms with Crippen LogP contribution in [-0.4, -0.2) is 11.1 Å². The third-order valence-corrected chi connectivity index (χ3v) is 3.00. The van der Waals surface area contributed by atoms with E-state index in [1.54, 1.807) is 13.0 Å². The maximum Gasteiger partial charge on any atom is 0.372 e. The second-order valence-electron chi connectivity index (χ2n) is 3.89. The number of hydrogen-bond donors (Lipinski definition) is 2. The molecule has 0 saturated heterocycles. The molecule has 4 nitrogen and oxygen atoms in total. The number of anilines is 1. The highest BCUT2D eigenvalue weighted by molar-refractivity contribution is 9.10. The number of nitrogens with one attached hydrogen (secondary N) is 1. The van der Waals surface area contributed by atoms with Crippen LogP contribution >= 0.6 is 15.9 Å². The van der Waals surface area contributed by atoms with Gasteiger partial charge in [0.2, 0.25) is 5.76 Å². The molecule has 1 aromatic carbocycles. The van der Waals surface area contributed by atoms with E-state index in [4.69, 9.17) is 9.52 Å². The summed E-state index contributed by atoms with van der Waals surface area (Å²) >= 11 is 3.36. The molecule has 0 aliphatic heterocycles. The second-order valence-corrected chi connectivity index (χ2v) is 4.81. The molecule has 0 aliphatic carbocycles. The Morgan fingerprint density at radius 1 is 1.39 bits per heavy atom. The topological polar surface area (TPSA) is 62.5 Å². The van der Waals surface area contributed by atoms with Crippen LogP contribution in [0.25, 0.3) is 0 Å². The van der Waals surface area contributed by atoms with Crippen molar-refractivity contribution in [2.24, 2.45) is 0 Å². The van der Waals surface area contributed by atoms with Crippen LogP contribution in [-0.2, 0) is 6.54 Å². The Kier molecular flexibility index (Phi) is 3.72. The van der Waals surface area contributed by atoms with E-state index in [0.29, 0.717) is 17.9 Å². The summed E-state index contributed by atoms with van der Waals surface area (Å²) < 4.78 is 6.26. The van der Waals surface area contributed by atoms with Gasteiger partial charge in [0.1, 0.15) is 5.76 Å². The summed E-state index contributed by atoms with van der Waals surface area (Å²) in [6.45, 7) is 2.17. The highest BCUT2D eigenvalue weighted by Gasteiger charge is 2.13. The van der Waals surface area contributed by atoms with Crippen LogP contribution in [0.15, 0.2) is 39.2 Å². The zero-order valence-corrected chi connectivity index (χ0v) is 11.3. The molecule has 0 bridgehead atoms. The van der Waals surface area contributed by atoms with E-state index in [1.807, 2.05) is 24.3 Å². The molecule has 0 saturated carbocycles. The third kappa shape index (κ3) is 2.92. The number of aryl methyl sites for hydroxylation is 1. The molecule has 2 aromatic rings. The molecular formula is C13H12BrNO3. The molecule has 0 amide bonds. The highest BCUT2D eigenvalue weighted by Crippen LogP contribution is 2.18. The van der Waals surface area contributed by atoms with Gasteiger partial charge < -0.3 is 14.8 Å². The second kappa shape index (κ2) is 5.27. The molecule has 18 heavy (non-hydrogen) atoms. The number of benzene rings is 1. The van der Waals surface area contributed by atoms with Crippen molar-refractivity contribution in [3.8, 4) is 0 Å². The van der Waals surface area contributed by atoms with Gasteiger partial charge in [-0.1, -0.05) is 15.9 Å². The van der Waals surface area contributed by atoms with E-state index in [2.05, 4.69) is 21.2 Å². The first-order chi connectivity index (χ1) is 8.56. The summed E-state index contributed by atoms with van der Waals surface area (Å²) in [7, 11) is 0. The van der Waals surface area contributed by atoms with Gasteiger partial charge >= 0.3 is 5.97 Å². The average molecular weight is 310 g/mol. The molecule has 1 heterocycles. The minimum absolute atomic E-state index is 0.00241. The zero-order chi connectivity index (χ0) is 13.1. The lowest BCUT2D eigenvalue weighted by Crippen LogP contribution is -1.98. The van der Waals surface area contributed by atoms with Crippen molar-refractivity contribution in [3.05, 3.63) is 51.9 Å². The van der Waals surface area contributed by atoms with E-state index in [9.17, 15) is 4.79 Å². The molecule has 0 unspecified atom stereocenters. The van der Waals surface area contributed by atoms with Gasteiger partial charge in [-0.05, 0) is 37.3 Å². The first-order valence-electron chi connectivity index (χ1n) is 5.38. The fourth-order valence-corrected chi connectivity index (χ4v) is 1.87. The van der Waals surface area contributed by atoms with Gasteiger partial charge in [-0.3, -0.25) is 0 Å². The molecule has 2 N–H and O–H groups in total. The van der Waals surface area contributed by atoms with Crippen LogP contribution in [0.2, 0.25) is 0 Å². The standard InChI is InChI=1S/C13H12BrNO3/c1-8-6-11(18-12(8)13(16)17)7-15-10-4-2-9(14)3-5-10/h2-6,15H,7H2,1H3,(H,16,17). The summed E-state index contributed by atoms with van der Waals surface area (Å²) in [6.07, 6.45) is 0. The van der Waals surface area contributed by atoms with Gasteiger partial charge in [0.25, 0.3) is 0 Å². The summed E-state index contributed by atoms with van der Waals surface area (Å²) in [6, 6.07) is 9.45. The summed E-state index contributed by atoms with van der Waals surface area (Å²) in [5, 5.41) is 12.0. The van der Waals surface area contributed by atoms with Crippen LogP contribution in [0.1, 0.15) is 21.9 Å². The molecule has 0 aliphatic rings. The fourth-order valence-electron chi connectivity index (χ4n) is 1.60. The minimum atomic E-state index is -1.04. The van der Waals surface area contributed by atoms with Crippen molar-refractivity contribution in [3.63, 3.8) is 0 Å². The smallest absolute Gasteiger partial charge is 0.372 e.